The average molecular weight is 554 g/mol. The summed E-state index contributed by atoms with van der Waals surface area (Å²) in [5, 5.41) is 31.6. The number of nitrogens with one attached hydrogen (secondary N) is 1. The molecule has 0 spiro atoms. The van der Waals surface area contributed by atoms with E-state index < -0.39 is 41.4 Å². The number of aromatic carboxylic acids is 1. The molecule has 0 aliphatic heterocycles. The number of hydrogen-bond donors (Lipinski definition) is 4. The number of esters is 1. The number of nitrogens with zero attached hydrogens (tertiary/aromatic N) is 1. The quantitative estimate of drug-likeness (QED) is 0.192. The molecule has 1 amide bonds. The Morgan fingerprint density at radius 3 is 2.33 bits per heavy atom. The predicted molar refractivity (Wildman–Crippen MR) is 136 cm³/mol. The van der Waals surface area contributed by atoms with Gasteiger partial charge in [0.2, 0.25) is 0 Å². The lowest BCUT2D eigenvalue weighted by molar-refractivity contribution is -0.143. The molecule has 0 aliphatic rings. The SMILES string of the molecule is COC(=O)C(Cc1ccc(O)c(O)c1)NC(=O)c1cc(C(=O)O)c2cc(-c3cccc(C(F)(F)F)c3)ccc2n1. The Kier molecular flexibility index (Phi) is 7.62. The molecular formula is C28H21F3N2O7. The van der Waals surface area contributed by atoms with Crippen molar-refractivity contribution in [2.45, 2.75) is 18.6 Å². The van der Waals surface area contributed by atoms with Crippen LogP contribution in [0.2, 0.25) is 0 Å². The van der Waals surface area contributed by atoms with Gasteiger partial charge in [-0.3, -0.25) is 4.79 Å². The second-order valence-electron chi connectivity index (χ2n) is 8.75. The van der Waals surface area contributed by atoms with Crippen LogP contribution < -0.4 is 5.32 Å². The number of benzene rings is 3. The number of aromatic nitrogens is 1. The molecule has 3 aromatic carbocycles. The van der Waals surface area contributed by atoms with Crippen LogP contribution in [-0.2, 0) is 22.1 Å². The fraction of sp³-hybridized carbons (Fsp3) is 0.143. The summed E-state index contributed by atoms with van der Waals surface area (Å²) >= 11 is 0. The van der Waals surface area contributed by atoms with Crippen LogP contribution in [-0.4, -0.2) is 51.3 Å². The zero-order chi connectivity index (χ0) is 29.2. The van der Waals surface area contributed by atoms with Gasteiger partial charge < -0.3 is 25.4 Å². The van der Waals surface area contributed by atoms with Crippen molar-refractivity contribution in [2.24, 2.45) is 0 Å². The van der Waals surface area contributed by atoms with Crippen LogP contribution in [0, 0.1) is 0 Å². The van der Waals surface area contributed by atoms with E-state index >= 15 is 0 Å². The molecule has 0 saturated heterocycles. The fourth-order valence-corrected chi connectivity index (χ4v) is 4.07. The van der Waals surface area contributed by atoms with E-state index in [1.165, 1.54) is 48.5 Å². The van der Waals surface area contributed by atoms with Gasteiger partial charge in [0.1, 0.15) is 11.7 Å². The highest BCUT2D eigenvalue weighted by molar-refractivity contribution is 6.07. The van der Waals surface area contributed by atoms with E-state index in [0.717, 1.165) is 25.3 Å². The minimum atomic E-state index is -4.56. The molecule has 0 radical (unpaired) electrons. The lowest BCUT2D eigenvalue weighted by Crippen LogP contribution is -2.43. The number of fused-ring (bicyclic) bond motifs is 1. The van der Waals surface area contributed by atoms with E-state index in [9.17, 15) is 42.9 Å². The number of phenolic OH excluding ortho intramolecular Hbond substituents is 2. The van der Waals surface area contributed by atoms with Gasteiger partial charge in [0.25, 0.3) is 5.91 Å². The molecule has 0 aliphatic carbocycles. The highest BCUT2D eigenvalue weighted by Gasteiger charge is 2.30. The first kappa shape index (κ1) is 27.9. The van der Waals surface area contributed by atoms with Crippen molar-refractivity contribution >= 4 is 28.7 Å². The molecule has 40 heavy (non-hydrogen) atoms. The highest BCUT2D eigenvalue weighted by Crippen LogP contribution is 2.33. The average Bonchev–Trinajstić information content (AvgIpc) is 2.92. The number of amides is 1. The summed E-state index contributed by atoms with van der Waals surface area (Å²) in [5.74, 6) is -3.94. The number of carboxylic acid groups (broad SMARTS) is 1. The monoisotopic (exact) mass is 554 g/mol. The third-order valence-electron chi connectivity index (χ3n) is 6.07. The van der Waals surface area contributed by atoms with E-state index in [-0.39, 0.29) is 39.9 Å². The van der Waals surface area contributed by atoms with Crippen LogP contribution in [0.15, 0.2) is 66.7 Å². The van der Waals surface area contributed by atoms with Crippen molar-refractivity contribution in [3.05, 3.63) is 89.1 Å². The van der Waals surface area contributed by atoms with Crippen molar-refractivity contribution in [1.82, 2.24) is 10.3 Å². The van der Waals surface area contributed by atoms with Gasteiger partial charge >= 0.3 is 18.1 Å². The normalized spacial score (nSPS) is 12.1. The summed E-state index contributed by atoms with van der Waals surface area (Å²) in [5.41, 5.74) is -0.554. The number of ether oxygens (including phenoxy) is 1. The summed E-state index contributed by atoms with van der Waals surface area (Å²) in [4.78, 5) is 41.7. The number of pyridine rings is 1. The number of hydrogen-bond acceptors (Lipinski definition) is 7. The van der Waals surface area contributed by atoms with Gasteiger partial charge in [-0.15, -0.1) is 0 Å². The number of carbonyl (C=O) groups excluding carboxylic acids is 2. The summed E-state index contributed by atoms with van der Waals surface area (Å²) < 4.78 is 44.3. The van der Waals surface area contributed by atoms with E-state index in [1.54, 1.807) is 0 Å². The van der Waals surface area contributed by atoms with Gasteiger partial charge in [-0.1, -0.05) is 24.3 Å². The smallest absolute Gasteiger partial charge is 0.416 e. The molecular weight excluding hydrogens is 533 g/mol. The van der Waals surface area contributed by atoms with Gasteiger partial charge in [-0.05, 0) is 59.2 Å². The number of aromatic hydroxyl groups is 2. The summed E-state index contributed by atoms with van der Waals surface area (Å²) in [6.45, 7) is 0. The standard InChI is InChI=1S/C28H21F3N2O7/c1-40-27(39)22(9-14-5-8-23(34)24(35)10-14)33-25(36)21-13-19(26(37)38)18-12-16(6-7-20(18)32-21)15-3-2-4-17(11-15)28(29,30)31/h2-8,10-13,22,34-35H,9H2,1H3,(H,33,36)(H,37,38). The van der Waals surface area contributed by atoms with Gasteiger partial charge in [-0.2, -0.15) is 13.2 Å². The molecule has 4 aromatic rings. The predicted octanol–water partition coefficient (Wildman–Crippen LogP) is 4.54. The van der Waals surface area contributed by atoms with E-state index in [0.29, 0.717) is 11.1 Å². The first-order chi connectivity index (χ1) is 18.9. The van der Waals surface area contributed by atoms with E-state index in [4.69, 9.17) is 4.74 Å². The molecule has 4 rings (SSSR count). The molecule has 0 bridgehead atoms. The maximum absolute atomic E-state index is 13.2. The molecule has 1 aromatic heterocycles. The number of rotatable bonds is 7. The molecule has 4 N–H and O–H groups in total. The minimum absolute atomic E-state index is 0.0823. The third-order valence-corrected chi connectivity index (χ3v) is 6.07. The Balaban J connectivity index is 1.68. The maximum atomic E-state index is 13.2. The van der Waals surface area contributed by atoms with Crippen molar-refractivity contribution in [2.75, 3.05) is 7.11 Å². The molecule has 0 saturated carbocycles. The van der Waals surface area contributed by atoms with E-state index in [1.807, 2.05) is 0 Å². The number of methoxy groups -OCH3 is 1. The Hall–Kier alpha value is -5.13. The Morgan fingerprint density at radius 1 is 0.950 bits per heavy atom. The first-order valence-corrected chi connectivity index (χ1v) is 11.6. The largest absolute Gasteiger partial charge is 0.504 e. The summed E-state index contributed by atoms with van der Waals surface area (Å²) in [6, 6.07) is 12.3. The Morgan fingerprint density at radius 2 is 1.68 bits per heavy atom. The van der Waals surface area contributed by atoms with Crippen LogP contribution in [0.3, 0.4) is 0 Å². The first-order valence-electron chi connectivity index (χ1n) is 11.6. The molecule has 12 heteroatoms. The molecule has 1 unspecified atom stereocenters. The van der Waals surface area contributed by atoms with Gasteiger partial charge in [0.05, 0.1) is 23.8 Å². The zero-order valence-electron chi connectivity index (χ0n) is 20.7. The van der Waals surface area contributed by atoms with Crippen molar-refractivity contribution in [1.29, 1.82) is 0 Å². The number of carbonyl (C=O) groups is 3. The lowest BCUT2D eigenvalue weighted by atomic mass is 9.98. The van der Waals surface area contributed by atoms with Gasteiger partial charge in [-0.25, -0.2) is 14.6 Å². The Labute approximate surface area is 224 Å². The highest BCUT2D eigenvalue weighted by atomic mass is 19.4. The van der Waals surface area contributed by atoms with Crippen LogP contribution in [0.25, 0.3) is 22.0 Å². The molecule has 1 heterocycles. The summed E-state index contributed by atoms with van der Waals surface area (Å²) in [6.07, 6.45) is -4.69. The summed E-state index contributed by atoms with van der Waals surface area (Å²) in [7, 11) is 1.11. The number of alkyl halides is 3. The second kappa shape index (κ2) is 10.9. The van der Waals surface area contributed by atoms with Gasteiger partial charge in [0, 0.05) is 11.8 Å². The maximum Gasteiger partial charge on any atom is 0.416 e. The van der Waals surface area contributed by atoms with Crippen molar-refractivity contribution < 1.29 is 47.6 Å². The lowest BCUT2D eigenvalue weighted by Gasteiger charge is -2.17. The van der Waals surface area contributed by atoms with Crippen LogP contribution in [0.1, 0.15) is 32.0 Å². The minimum Gasteiger partial charge on any atom is -0.504 e. The Bertz CT molecular complexity index is 1640. The molecule has 1 atom stereocenters. The van der Waals surface area contributed by atoms with E-state index in [2.05, 4.69) is 10.3 Å². The van der Waals surface area contributed by atoms with Crippen molar-refractivity contribution in [3.8, 4) is 22.6 Å². The molecule has 9 nitrogen and oxygen atoms in total. The number of halogens is 3. The van der Waals surface area contributed by atoms with Crippen LogP contribution in [0.5, 0.6) is 11.5 Å². The van der Waals surface area contributed by atoms with Crippen LogP contribution in [0.4, 0.5) is 13.2 Å². The molecule has 206 valence electrons. The number of carboxylic acids is 1. The van der Waals surface area contributed by atoms with Crippen LogP contribution >= 0.6 is 0 Å². The third kappa shape index (κ3) is 5.96. The topological polar surface area (TPSA) is 146 Å². The molecule has 0 fully saturated rings. The van der Waals surface area contributed by atoms with Crippen molar-refractivity contribution in [3.63, 3.8) is 0 Å². The number of phenols is 2. The fourth-order valence-electron chi connectivity index (χ4n) is 4.07. The second-order valence-corrected chi connectivity index (χ2v) is 8.75. The van der Waals surface area contributed by atoms with Gasteiger partial charge in [0.15, 0.2) is 11.5 Å². The zero-order valence-corrected chi connectivity index (χ0v) is 20.7.